The van der Waals surface area contributed by atoms with Crippen molar-refractivity contribution in [3.8, 4) is 0 Å². The number of thiocarbonyl (C=S) groups is 2. The lowest BCUT2D eigenvalue weighted by Gasteiger charge is -2.06. The summed E-state index contributed by atoms with van der Waals surface area (Å²) in [5, 5.41) is 4.89. The Morgan fingerprint density at radius 1 is 0.722 bits per heavy atom. The summed E-state index contributed by atoms with van der Waals surface area (Å²) in [6.45, 7) is 0. The normalized spacial score (nSPS) is 13.8. The summed E-state index contributed by atoms with van der Waals surface area (Å²) in [5.74, 6) is 0. The minimum atomic E-state index is 0.821. The van der Waals surface area contributed by atoms with Crippen LogP contribution in [-0.4, -0.2) is 9.73 Å². The lowest BCUT2D eigenvalue weighted by Crippen LogP contribution is -2.03. The summed E-state index contributed by atoms with van der Waals surface area (Å²) in [4.78, 5) is 1.65. The molecule has 0 saturated carbocycles. The van der Waals surface area contributed by atoms with Gasteiger partial charge in [0.05, 0.1) is 9.73 Å². The molecule has 1 aliphatic carbocycles. The molecule has 0 heterocycles. The first-order valence-electron chi connectivity index (χ1n) is 5.81. The topological polar surface area (TPSA) is 0 Å². The van der Waals surface area contributed by atoms with Gasteiger partial charge in [-0.2, -0.15) is 0 Å². The molecule has 0 unspecified atom stereocenters. The quantitative estimate of drug-likeness (QED) is 0.435. The Bertz CT molecular complexity index is 859. The van der Waals surface area contributed by atoms with Crippen LogP contribution in [0.2, 0.25) is 0 Å². The molecule has 0 N–H and O–H groups in total. The van der Waals surface area contributed by atoms with E-state index < -0.39 is 0 Å². The molecule has 0 radical (unpaired) electrons. The van der Waals surface area contributed by atoms with Crippen molar-refractivity contribution in [2.24, 2.45) is 0 Å². The van der Waals surface area contributed by atoms with Crippen molar-refractivity contribution < 1.29 is 0 Å². The Morgan fingerprint density at radius 2 is 1.50 bits per heavy atom. The van der Waals surface area contributed by atoms with Crippen molar-refractivity contribution in [1.82, 2.24) is 0 Å². The zero-order chi connectivity index (χ0) is 12.3. The molecule has 0 fully saturated rings. The molecule has 0 spiro atoms. The van der Waals surface area contributed by atoms with Crippen LogP contribution in [0.5, 0.6) is 0 Å². The summed E-state index contributed by atoms with van der Waals surface area (Å²) >= 11 is 11.0. The molecular weight excluding hydrogens is 256 g/mol. The highest BCUT2D eigenvalue weighted by molar-refractivity contribution is 7.90. The van der Waals surface area contributed by atoms with Crippen molar-refractivity contribution >= 4 is 55.7 Å². The van der Waals surface area contributed by atoms with Gasteiger partial charge in [-0.3, -0.25) is 0 Å². The molecule has 0 atom stereocenters. The number of benzene rings is 3. The van der Waals surface area contributed by atoms with Gasteiger partial charge in [0.1, 0.15) is 0 Å². The molecule has 3 aromatic carbocycles. The SMILES string of the molecule is S=C1C(=S)c2c3ccccc3cc3cccc1c23. The van der Waals surface area contributed by atoms with Crippen LogP contribution in [0.15, 0.2) is 48.5 Å². The lowest BCUT2D eigenvalue weighted by molar-refractivity contribution is 1.75. The Morgan fingerprint density at radius 3 is 2.39 bits per heavy atom. The zero-order valence-corrected chi connectivity index (χ0v) is 11.1. The van der Waals surface area contributed by atoms with Crippen LogP contribution in [0.4, 0.5) is 0 Å². The predicted molar refractivity (Wildman–Crippen MR) is 84.9 cm³/mol. The van der Waals surface area contributed by atoms with Crippen molar-refractivity contribution in [2.45, 2.75) is 0 Å². The number of fused-ring (bicyclic) bond motifs is 2. The Kier molecular flexibility index (Phi) is 1.97. The van der Waals surface area contributed by atoms with Gasteiger partial charge in [0.15, 0.2) is 0 Å². The maximum absolute atomic E-state index is 5.54. The first-order chi connectivity index (χ1) is 8.77. The molecule has 3 aromatic rings. The third-order valence-corrected chi connectivity index (χ3v) is 4.53. The van der Waals surface area contributed by atoms with E-state index in [1.54, 1.807) is 0 Å². The van der Waals surface area contributed by atoms with E-state index in [1.165, 1.54) is 21.5 Å². The van der Waals surface area contributed by atoms with Crippen molar-refractivity contribution in [2.75, 3.05) is 0 Å². The van der Waals surface area contributed by atoms with Gasteiger partial charge in [0.25, 0.3) is 0 Å². The average Bonchev–Trinajstić information content (AvgIpc) is 2.66. The van der Waals surface area contributed by atoms with Crippen LogP contribution in [0.1, 0.15) is 11.1 Å². The lowest BCUT2D eigenvalue weighted by atomic mass is 9.98. The maximum Gasteiger partial charge on any atom is 0.0649 e. The molecule has 0 nitrogen and oxygen atoms in total. The van der Waals surface area contributed by atoms with Crippen molar-refractivity contribution in [3.05, 3.63) is 59.7 Å². The Balaban J connectivity index is 2.38. The molecule has 4 rings (SSSR count). The Labute approximate surface area is 115 Å². The van der Waals surface area contributed by atoms with Gasteiger partial charge in [-0.1, -0.05) is 66.9 Å². The highest BCUT2D eigenvalue weighted by atomic mass is 32.1. The van der Waals surface area contributed by atoms with E-state index in [-0.39, 0.29) is 0 Å². The summed E-state index contributed by atoms with van der Waals surface area (Å²) in [6, 6.07) is 16.8. The van der Waals surface area contributed by atoms with Gasteiger partial charge in [0.2, 0.25) is 0 Å². The number of hydrogen-bond donors (Lipinski definition) is 0. The van der Waals surface area contributed by atoms with Gasteiger partial charge in [0, 0.05) is 11.1 Å². The van der Waals surface area contributed by atoms with Crippen LogP contribution >= 0.6 is 24.4 Å². The fourth-order valence-electron chi connectivity index (χ4n) is 2.78. The summed E-state index contributed by atoms with van der Waals surface area (Å²) < 4.78 is 0. The van der Waals surface area contributed by atoms with Gasteiger partial charge >= 0.3 is 0 Å². The summed E-state index contributed by atoms with van der Waals surface area (Å²) in [7, 11) is 0. The first kappa shape index (κ1) is 10.3. The molecular formula is C16H8S2. The van der Waals surface area contributed by atoms with E-state index in [0.717, 1.165) is 20.9 Å². The van der Waals surface area contributed by atoms with E-state index in [9.17, 15) is 0 Å². The number of rotatable bonds is 0. The molecule has 84 valence electrons. The van der Waals surface area contributed by atoms with Gasteiger partial charge in [-0.05, 0) is 27.6 Å². The van der Waals surface area contributed by atoms with Crippen LogP contribution in [0, 0.1) is 0 Å². The third kappa shape index (κ3) is 1.14. The van der Waals surface area contributed by atoms with Crippen molar-refractivity contribution in [3.63, 3.8) is 0 Å². The molecule has 1 aliphatic rings. The average molecular weight is 264 g/mol. The van der Waals surface area contributed by atoms with E-state index in [4.69, 9.17) is 24.4 Å². The van der Waals surface area contributed by atoms with Crippen LogP contribution in [0.25, 0.3) is 21.5 Å². The van der Waals surface area contributed by atoms with Crippen molar-refractivity contribution in [1.29, 1.82) is 0 Å². The van der Waals surface area contributed by atoms with Crippen LogP contribution in [-0.2, 0) is 0 Å². The summed E-state index contributed by atoms with van der Waals surface area (Å²) in [6.07, 6.45) is 0. The monoisotopic (exact) mass is 264 g/mol. The molecule has 2 heteroatoms. The van der Waals surface area contributed by atoms with E-state index in [2.05, 4.69) is 48.5 Å². The van der Waals surface area contributed by atoms with Gasteiger partial charge < -0.3 is 0 Å². The summed E-state index contributed by atoms with van der Waals surface area (Å²) in [5.41, 5.74) is 2.27. The smallest absolute Gasteiger partial charge is 0.0649 e. The third-order valence-electron chi connectivity index (χ3n) is 3.57. The van der Waals surface area contributed by atoms with E-state index in [1.807, 2.05) is 0 Å². The minimum Gasteiger partial charge on any atom is -0.0778 e. The molecule has 0 aliphatic heterocycles. The van der Waals surface area contributed by atoms with Crippen LogP contribution < -0.4 is 0 Å². The molecule has 0 aromatic heterocycles. The fraction of sp³-hybridized carbons (Fsp3) is 0. The zero-order valence-electron chi connectivity index (χ0n) is 9.44. The first-order valence-corrected chi connectivity index (χ1v) is 6.62. The standard InChI is InChI=1S/C16H8S2/c17-15-12-7-3-5-10-8-9-4-1-2-6-11(9)14(13(10)12)16(15)18/h1-8H. The van der Waals surface area contributed by atoms with Crippen LogP contribution in [0.3, 0.4) is 0 Å². The molecule has 18 heavy (non-hydrogen) atoms. The highest BCUT2D eigenvalue weighted by Gasteiger charge is 2.25. The minimum absolute atomic E-state index is 0.821. The Hall–Kier alpha value is -1.64. The van der Waals surface area contributed by atoms with Gasteiger partial charge in [-0.25, -0.2) is 0 Å². The second kappa shape index (κ2) is 3.44. The van der Waals surface area contributed by atoms with E-state index >= 15 is 0 Å². The molecule has 0 saturated heterocycles. The highest BCUT2D eigenvalue weighted by Crippen LogP contribution is 2.37. The largest absolute Gasteiger partial charge is 0.0778 e. The molecule has 0 amide bonds. The maximum atomic E-state index is 5.54. The van der Waals surface area contributed by atoms with Gasteiger partial charge in [-0.15, -0.1) is 0 Å². The predicted octanol–water partition coefficient (Wildman–Crippen LogP) is 4.44. The van der Waals surface area contributed by atoms with E-state index in [0.29, 0.717) is 0 Å². The molecule has 0 bridgehead atoms. The fourth-order valence-corrected chi connectivity index (χ4v) is 3.38. The second-order valence-electron chi connectivity index (χ2n) is 4.53. The second-order valence-corrected chi connectivity index (χ2v) is 5.35. The number of hydrogen-bond acceptors (Lipinski definition) is 2.